The van der Waals surface area contributed by atoms with Crippen LogP contribution in [0.15, 0.2) is 28.0 Å². The molecule has 2 aliphatic heterocycles. The number of benzene rings is 1. The highest BCUT2D eigenvalue weighted by Gasteiger charge is 2.36. The van der Waals surface area contributed by atoms with Gasteiger partial charge in [0.25, 0.3) is 0 Å². The minimum Gasteiger partial charge on any atom is -0.395 e. The topological polar surface area (TPSA) is 38.7 Å². The maximum Gasteiger partial charge on any atom is 0.143 e. The Morgan fingerprint density at radius 2 is 2.17 bits per heavy atom. The summed E-state index contributed by atoms with van der Waals surface area (Å²) in [6, 6.07) is 2.73. The van der Waals surface area contributed by atoms with Crippen LogP contribution in [-0.4, -0.2) is 54.9 Å². The number of halogens is 3. The van der Waals surface area contributed by atoms with Gasteiger partial charge in [0.05, 0.1) is 17.7 Å². The lowest BCUT2D eigenvalue weighted by Gasteiger charge is -2.16. The molecule has 0 saturated carbocycles. The van der Waals surface area contributed by atoms with Gasteiger partial charge in [0, 0.05) is 48.9 Å². The Morgan fingerprint density at radius 1 is 1.38 bits per heavy atom. The molecule has 1 saturated heterocycles. The highest BCUT2D eigenvalue weighted by molar-refractivity contribution is 9.10. The monoisotopic (exact) mass is 401 g/mol. The van der Waals surface area contributed by atoms with Crippen LogP contribution in [0.25, 0.3) is 0 Å². The number of nitrogens with zero attached hydrogens (tertiary/aromatic N) is 2. The molecule has 7 heteroatoms. The van der Waals surface area contributed by atoms with Gasteiger partial charge in [0.1, 0.15) is 11.6 Å². The SMILES string of the molecule is CN(CCO)CCC1=C2C[C@H](c3c(F)ccc(Br)c3F)CN2CN1. The molecule has 0 amide bonds. The average Bonchev–Trinajstić information content (AvgIpc) is 3.10. The molecule has 0 radical (unpaired) electrons. The van der Waals surface area contributed by atoms with Gasteiger partial charge < -0.3 is 20.2 Å². The Bertz CT molecular complexity index is 653. The van der Waals surface area contributed by atoms with Crippen molar-refractivity contribution in [3.05, 3.63) is 45.2 Å². The summed E-state index contributed by atoms with van der Waals surface area (Å²) in [5.74, 6) is -1.12. The normalized spacial score (nSPS) is 20.1. The molecule has 1 aromatic carbocycles. The zero-order valence-electron chi connectivity index (χ0n) is 13.7. The Balaban J connectivity index is 1.74. The van der Waals surface area contributed by atoms with Gasteiger partial charge in [0.15, 0.2) is 0 Å². The number of hydrogen-bond acceptors (Lipinski definition) is 4. The van der Waals surface area contributed by atoms with E-state index in [9.17, 15) is 8.78 Å². The van der Waals surface area contributed by atoms with Gasteiger partial charge in [-0.2, -0.15) is 0 Å². The highest BCUT2D eigenvalue weighted by Crippen LogP contribution is 2.40. The number of nitrogens with one attached hydrogen (secondary N) is 1. The Kier molecular flexibility index (Phi) is 5.42. The average molecular weight is 402 g/mol. The first-order valence-electron chi connectivity index (χ1n) is 8.15. The summed E-state index contributed by atoms with van der Waals surface area (Å²) < 4.78 is 28.8. The predicted molar refractivity (Wildman–Crippen MR) is 92.4 cm³/mol. The van der Waals surface area contributed by atoms with Crippen LogP contribution in [0.3, 0.4) is 0 Å². The quantitative estimate of drug-likeness (QED) is 0.718. The molecule has 1 atom stereocenters. The molecule has 2 heterocycles. The molecule has 0 aliphatic carbocycles. The molecule has 0 unspecified atom stereocenters. The van der Waals surface area contributed by atoms with E-state index in [0.717, 1.165) is 24.4 Å². The Morgan fingerprint density at radius 3 is 2.92 bits per heavy atom. The van der Waals surface area contributed by atoms with Crippen molar-refractivity contribution in [2.45, 2.75) is 18.8 Å². The first-order valence-corrected chi connectivity index (χ1v) is 8.94. The summed E-state index contributed by atoms with van der Waals surface area (Å²) in [6.45, 7) is 2.95. The first kappa shape index (κ1) is 17.6. The van der Waals surface area contributed by atoms with Crippen LogP contribution in [0.2, 0.25) is 0 Å². The van der Waals surface area contributed by atoms with Gasteiger partial charge in [0.2, 0.25) is 0 Å². The lowest BCUT2D eigenvalue weighted by molar-refractivity contribution is 0.222. The number of likely N-dealkylation sites (N-methyl/N-ethyl adjacent to an activating group) is 1. The summed E-state index contributed by atoms with van der Waals surface area (Å²) in [5, 5.41) is 12.3. The van der Waals surface area contributed by atoms with E-state index in [4.69, 9.17) is 5.11 Å². The summed E-state index contributed by atoms with van der Waals surface area (Å²) in [4.78, 5) is 4.24. The maximum absolute atomic E-state index is 14.4. The van der Waals surface area contributed by atoms with Crippen LogP contribution in [0, 0.1) is 11.6 Å². The minimum absolute atomic E-state index is 0.144. The molecule has 3 rings (SSSR count). The lowest BCUT2D eigenvalue weighted by atomic mass is 9.96. The van der Waals surface area contributed by atoms with E-state index in [2.05, 4.69) is 31.0 Å². The minimum atomic E-state index is -0.487. The second-order valence-corrected chi connectivity index (χ2v) is 7.27. The number of hydrogen-bond donors (Lipinski definition) is 2. The second kappa shape index (κ2) is 7.37. The fourth-order valence-electron chi connectivity index (χ4n) is 3.50. The smallest absolute Gasteiger partial charge is 0.143 e. The van der Waals surface area contributed by atoms with E-state index in [1.54, 1.807) is 0 Å². The molecule has 2 aliphatic rings. The summed E-state index contributed by atoms with van der Waals surface area (Å²) in [6.07, 6.45) is 1.49. The van der Waals surface area contributed by atoms with E-state index in [1.165, 1.54) is 12.1 Å². The fourth-order valence-corrected chi connectivity index (χ4v) is 3.84. The number of aliphatic hydroxyl groups is 1. The van der Waals surface area contributed by atoms with Crippen LogP contribution < -0.4 is 5.32 Å². The molecule has 4 nitrogen and oxygen atoms in total. The van der Waals surface area contributed by atoms with Gasteiger partial charge in [-0.05, 0) is 41.5 Å². The van der Waals surface area contributed by atoms with Crippen LogP contribution in [-0.2, 0) is 0 Å². The van der Waals surface area contributed by atoms with Gasteiger partial charge in [-0.3, -0.25) is 0 Å². The molecule has 1 aromatic rings. The fraction of sp³-hybridized carbons (Fsp3) is 0.529. The third-order valence-electron chi connectivity index (χ3n) is 4.81. The first-order chi connectivity index (χ1) is 11.5. The summed E-state index contributed by atoms with van der Waals surface area (Å²) in [5.41, 5.74) is 2.50. The molecule has 24 heavy (non-hydrogen) atoms. The Hall–Kier alpha value is -1.18. The lowest BCUT2D eigenvalue weighted by Crippen LogP contribution is -2.26. The standard InChI is InChI=1S/C17H22BrF2N3O/c1-22(6-7-24)5-4-14-15-8-11(9-23(15)10-21-14)16-13(19)3-2-12(18)17(16)20/h2-3,11,21,24H,4-10H2,1H3/t11-/m0/s1. The third-order valence-corrected chi connectivity index (χ3v) is 5.42. The molecule has 0 spiro atoms. The van der Waals surface area contributed by atoms with Crippen LogP contribution >= 0.6 is 15.9 Å². The molecule has 0 aromatic heterocycles. The molecular weight excluding hydrogens is 380 g/mol. The van der Waals surface area contributed by atoms with Crippen molar-refractivity contribution in [3.8, 4) is 0 Å². The highest BCUT2D eigenvalue weighted by atomic mass is 79.9. The number of aliphatic hydroxyl groups excluding tert-OH is 1. The van der Waals surface area contributed by atoms with Crippen molar-refractivity contribution in [2.75, 3.05) is 40.0 Å². The van der Waals surface area contributed by atoms with E-state index in [-0.39, 0.29) is 18.1 Å². The van der Waals surface area contributed by atoms with Gasteiger partial charge in [-0.25, -0.2) is 8.78 Å². The van der Waals surface area contributed by atoms with Crippen LogP contribution in [0.1, 0.15) is 24.3 Å². The number of allylic oxidation sites excluding steroid dienone is 1. The molecule has 1 fully saturated rings. The van der Waals surface area contributed by atoms with Crippen molar-refractivity contribution >= 4 is 15.9 Å². The second-order valence-electron chi connectivity index (χ2n) is 6.42. The summed E-state index contributed by atoms with van der Waals surface area (Å²) in [7, 11) is 1.97. The predicted octanol–water partition coefficient (Wildman–Crippen LogP) is 2.60. The molecule has 132 valence electrons. The third kappa shape index (κ3) is 3.43. The van der Waals surface area contributed by atoms with E-state index in [0.29, 0.717) is 30.7 Å². The van der Waals surface area contributed by atoms with E-state index < -0.39 is 11.6 Å². The van der Waals surface area contributed by atoms with Crippen molar-refractivity contribution < 1.29 is 13.9 Å². The van der Waals surface area contributed by atoms with Gasteiger partial charge in [-0.1, -0.05) is 0 Å². The molecule has 2 N–H and O–H groups in total. The number of fused-ring (bicyclic) bond motifs is 1. The van der Waals surface area contributed by atoms with Crippen LogP contribution in [0.4, 0.5) is 8.78 Å². The molecular formula is C17H22BrF2N3O. The summed E-state index contributed by atoms with van der Waals surface area (Å²) >= 11 is 3.15. The van der Waals surface area contributed by atoms with Crippen molar-refractivity contribution in [3.63, 3.8) is 0 Å². The maximum atomic E-state index is 14.4. The Labute approximate surface area is 149 Å². The number of rotatable bonds is 6. The van der Waals surface area contributed by atoms with Crippen molar-refractivity contribution in [1.29, 1.82) is 0 Å². The zero-order chi connectivity index (χ0) is 17.3. The van der Waals surface area contributed by atoms with Gasteiger partial charge >= 0.3 is 0 Å². The van der Waals surface area contributed by atoms with Crippen molar-refractivity contribution in [2.24, 2.45) is 0 Å². The zero-order valence-corrected chi connectivity index (χ0v) is 15.2. The van der Waals surface area contributed by atoms with Crippen molar-refractivity contribution in [1.82, 2.24) is 15.1 Å². The van der Waals surface area contributed by atoms with Crippen LogP contribution in [0.5, 0.6) is 0 Å². The van der Waals surface area contributed by atoms with E-state index in [1.807, 2.05) is 7.05 Å². The molecule has 0 bridgehead atoms. The largest absolute Gasteiger partial charge is 0.395 e. The van der Waals surface area contributed by atoms with Gasteiger partial charge in [-0.15, -0.1) is 0 Å². The van der Waals surface area contributed by atoms with E-state index >= 15 is 0 Å².